The first-order valence-electron chi connectivity index (χ1n) is 7.71. The van der Waals surface area contributed by atoms with E-state index in [0.29, 0.717) is 5.13 Å². The molecule has 23 heavy (non-hydrogen) atoms. The summed E-state index contributed by atoms with van der Waals surface area (Å²) in [6.45, 7) is 4.19. The Hall–Kier alpha value is -2.27. The third-order valence-corrected chi connectivity index (χ3v) is 4.66. The van der Waals surface area contributed by atoms with Gasteiger partial charge in [-0.25, -0.2) is 15.0 Å². The molecule has 0 fully saturated rings. The second kappa shape index (κ2) is 6.87. The molecule has 0 aliphatic heterocycles. The molecule has 0 saturated carbocycles. The predicted octanol–water partition coefficient (Wildman–Crippen LogP) is 3.97. The van der Waals surface area contributed by atoms with Crippen molar-refractivity contribution in [2.45, 2.75) is 33.1 Å². The molecule has 3 aromatic rings. The zero-order valence-electron chi connectivity index (χ0n) is 13.4. The Labute approximate surface area is 140 Å². The Morgan fingerprint density at radius 3 is 2.74 bits per heavy atom. The van der Waals surface area contributed by atoms with E-state index in [1.165, 1.54) is 16.0 Å². The second-order valence-corrected chi connectivity index (χ2v) is 6.86. The first-order valence-corrected chi connectivity index (χ1v) is 8.53. The summed E-state index contributed by atoms with van der Waals surface area (Å²) in [7, 11) is 0. The van der Waals surface area contributed by atoms with Crippen LogP contribution in [0, 0.1) is 13.8 Å². The molecular formula is C18H20N4S. The summed E-state index contributed by atoms with van der Waals surface area (Å²) in [6, 6.07) is 8.38. The van der Waals surface area contributed by atoms with Gasteiger partial charge in [-0.15, -0.1) is 11.3 Å². The molecule has 3 rings (SSSR count). The minimum Gasteiger partial charge on any atom is -0.375 e. The largest absolute Gasteiger partial charge is 0.375 e. The van der Waals surface area contributed by atoms with E-state index in [2.05, 4.69) is 42.0 Å². The fourth-order valence-electron chi connectivity index (χ4n) is 2.52. The Bertz CT molecular complexity index is 810. The van der Waals surface area contributed by atoms with Crippen molar-refractivity contribution in [3.63, 3.8) is 0 Å². The summed E-state index contributed by atoms with van der Waals surface area (Å²) in [5.74, 6) is 0.811. The molecule has 0 spiro atoms. The van der Waals surface area contributed by atoms with Crippen molar-refractivity contribution >= 4 is 16.5 Å². The van der Waals surface area contributed by atoms with Crippen LogP contribution in [0.5, 0.6) is 0 Å². The van der Waals surface area contributed by atoms with Gasteiger partial charge in [0.05, 0.1) is 0 Å². The van der Waals surface area contributed by atoms with E-state index in [0.717, 1.165) is 36.3 Å². The molecule has 118 valence electrons. The van der Waals surface area contributed by atoms with E-state index in [4.69, 9.17) is 10.7 Å². The summed E-state index contributed by atoms with van der Waals surface area (Å²) < 4.78 is 0. The van der Waals surface area contributed by atoms with Gasteiger partial charge in [0.25, 0.3) is 0 Å². The number of aromatic nitrogens is 3. The maximum atomic E-state index is 5.66. The lowest BCUT2D eigenvalue weighted by Gasteiger charge is -2.07. The van der Waals surface area contributed by atoms with Gasteiger partial charge in [-0.05, 0) is 50.8 Å². The van der Waals surface area contributed by atoms with E-state index >= 15 is 0 Å². The van der Waals surface area contributed by atoms with E-state index in [-0.39, 0.29) is 0 Å². The minimum atomic E-state index is 0.638. The van der Waals surface area contributed by atoms with Gasteiger partial charge in [0.15, 0.2) is 11.0 Å². The molecule has 2 heterocycles. The minimum absolute atomic E-state index is 0.638. The zero-order chi connectivity index (χ0) is 16.2. The lowest BCUT2D eigenvalue weighted by Crippen LogP contribution is -1.98. The van der Waals surface area contributed by atoms with Crippen molar-refractivity contribution < 1.29 is 0 Å². The molecule has 2 N–H and O–H groups in total. The van der Waals surface area contributed by atoms with E-state index in [9.17, 15) is 0 Å². The third-order valence-electron chi connectivity index (χ3n) is 3.77. The molecule has 0 saturated heterocycles. The molecule has 4 nitrogen and oxygen atoms in total. The molecule has 0 aliphatic carbocycles. The van der Waals surface area contributed by atoms with Crippen LogP contribution in [0.2, 0.25) is 0 Å². The normalized spacial score (nSPS) is 10.9. The number of aryl methyl sites for hydroxylation is 4. The molecule has 0 aliphatic rings. The Kier molecular flexibility index (Phi) is 4.67. The fourth-order valence-corrected chi connectivity index (χ4v) is 3.25. The van der Waals surface area contributed by atoms with Crippen LogP contribution in [0.4, 0.5) is 5.13 Å². The third kappa shape index (κ3) is 3.93. The van der Waals surface area contributed by atoms with Crippen LogP contribution in [0.15, 0.2) is 36.7 Å². The van der Waals surface area contributed by atoms with Gasteiger partial charge in [-0.1, -0.05) is 17.7 Å². The average molecular weight is 324 g/mol. The molecular weight excluding hydrogens is 304 g/mol. The number of anilines is 1. The molecule has 0 radical (unpaired) electrons. The highest BCUT2D eigenvalue weighted by Crippen LogP contribution is 2.22. The van der Waals surface area contributed by atoms with E-state index < -0.39 is 0 Å². The predicted molar refractivity (Wildman–Crippen MR) is 95.5 cm³/mol. The highest BCUT2D eigenvalue weighted by atomic mass is 32.1. The quantitative estimate of drug-likeness (QED) is 0.771. The summed E-state index contributed by atoms with van der Waals surface area (Å²) >= 11 is 1.56. The van der Waals surface area contributed by atoms with Gasteiger partial charge in [0.1, 0.15) is 0 Å². The van der Waals surface area contributed by atoms with Crippen molar-refractivity contribution in [3.05, 3.63) is 58.4 Å². The van der Waals surface area contributed by atoms with Crippen molar-refractivity contribution in [2.24, 2.45) is 0 Å². The van der Waals surface area contributed by atoms with Gasteiger partial charge >= 0.3 is 0 Å². The molecule has 0 atom stereocenters. The molecule has 0 unspecified atom stereocenters. The van der Waals surface area contributed by atoms with Crippen LogP contribution in [-0.2, 0) is 12.8 Å². The van der Waals surface area contributed by atoms with Gasteiger partial charge < -0.3 is 5.73 Å². The number of benzene rings is 1. The molecule has 0 bridgehead atoms. The van der Waals surface area contributed by atoms with Crippen LogP contribution in [0.3, 0.4) is 0 Å². The topological polar surface area (TPSA) is 64.7 Å². The summed E-state index contributed by atoms with van der Waals surface area (Å²) in [5, 5.41) is 0.638. The fraction of sp³-hybridized carbons (Fsp3) is 0.278. The van der Waals surface area contributed by atoms with Gasteiger partial charge in [0, 0.05) is 28.5 Å². The van der Waals surface area contributed by atoms with E-state index in [1.54, 1.807) is 11.3 Å². The van der Waals surface area contributed by atoms with Gasteiger partial charge in [-0.2, -0.15) is 0 Å². The summed E-state index contributed by atoms with van der Waals surface area (Å²) in [4.78, 5) is 14.5. The Balaban J connectivity index is 1.71. The first-order chi connectivity index (χ1) is 11.1. The molecule has 0 amide bonds. The van der Waals surface area contributed by atoms with Crippen LogP contribution in [0.1, 0.15) is 28.1 Å². The summed E-state index contributed by atoms with van der Waals surface area (Å²) in [5.41, 5.74) is 10.3. The number of thiazole rings is 1. The highest BCUT2D eigenvalue weighted by Gasteiger charge is 2.07. The van der Waals surface area contributed by atoms with E-state index in [1.807, 2.05) is 18.5 Å². The molecule has 5 heteroatoms. The standard InChI is InChI=1S/C18H20N4S/c1-12-6-7-13(2)16(10-12)17-20-9-8-14(22-17)4-3-5-15-11-21-18(19)23-15/h6-11H,3-5H2,1-2H3,(H2,19,21). The zero-order valence-corrected chi connectivity index (χ0v) is 14.2. The number of nitrogen functional groups attached to an aromatic ring is 1. The number of nitrogens with two attached hydrogens (primary N) is 1. The van der Waals surface area contributed by atoms with Crippen molar-refractivity contribution in [1.82, 2.24) is 15.0 Å². The smallest absolute Gasteiger partial charge is 0.180 e. The maximum Gasteiger partial charge on any atom is 0.180 e. The Morgan fingerprint density at radius 2 is 1.96 bits per heavy atom. The second-order valence-electron chi connectivity index (χ2n) is 5.71. The summed E-state index contributed by atoms with van der Waals surface area (Å²) in [6.07, 6.45) is 6.66. The van der Waals surface area contributed by atoms with Crippen LogP contribution < -0.4 is 5.73 Å². The average Bonchev–Trinajstić information content (AvgIpc) is 2.95. The number of nitrogens with zero attached hydrogens (tertiary/aromatic N) is 3. The van der Waals surface area contributed by atoms with Crippen LogP contribution in [0.25, 0.3) is 11.4 Å². The van der Waals surface area contributed by atoms with Crippen molar-refractivity contribution in [1.29, 1.82) is 0 Å². The lowest BCUT2D eigenvalue weighted by molar-refractivity contribution is 0.803. The number of hydrogen-bond acceptors (Lipinski definition) is 5. The SMILES string of the molecule is Cc1ccc(C)c(-c2nccc(CCCc3cnc(N)s3)n2)c1. The van der Waals surface area contributed by atoms with Gasteiger partial charge in [0.2, 0.25) is 0 Å². The Morgan fingerprint density at radius 1 is 1.09 bits per heavy atom. The highest BCUT2D eigenvalue weighted by molar-refractivity contribution is 7.15. The maximum absolute atomic E-state index is 5.66. The first kappa shape index (κ1) is 15.6. The lowest BCUT2D eigenvalue weighted by atomic mass is 10.0. The number of hydrogen-bond donors (Lipinski definition) is 1. The van der Waals surface area contributed by atoms with Crippen molar-refractivity contribution in [3.8, 4) is 11.4 Å². The van der Waals surface area contributed by atoms with Crippen LogP contribution in [-0.4, -0.2) is 15.0 Å². The monoisotopic (exact) mass is 324 g/mol. The molecule has 1 aromatic carbocycles. The van der Waals surface area contributed by atoms with Gasteiger partial charge in [-0.3, -0.25) is 0 Å². The molecule has 2 aromatic heterocycles. The van der Waals surface area contributed by atoms with Crippen molar-refractivity contribution in [2.75, 3.05) is 5.73 Å². The number of rotatable bonds is 5. The van der Waals surface area contributed by atoms with Crippen LogP contribution >= 0.6 is 11.3 Å².